The molecule has 0 bridgehead atoms. The summed E-state index contributed by atoms with van der Waals surface area (Å²) in [5, 5.41) is 11.3. The number of halogens is 1. The summed E-state index contributed by atoms with van der Waals surface area (Å²) >= 11 is 3.24. The zero-order chi connectivity index (χ0) is 15.2. The van der Waals surface area contributed by atoms with E-state index < -0.39 is 18.5 Å². The lowest BCUT2D eigenvalue weighted by molar-refractivity contribution is -0.139. The Balaban J connectivity index is 2.13. The second-order valence-electron chi connectivity index (χ2n) is 3.99. The molecule has 0 saturated carbocycles. The average Bonchev–Trinajstić information content (AvgIpc) is 2.47. The van der Waals surface area contributed by atoms with Crippen molar-refractivity contribution in [1.29, 1.82) is 0 Å². The Morgan fingerprint density at radius 1 is 1.24 bits per heavy atom. The number of aromatic nitrogens is 1. The van der Waals surface area contributed by atoms with Gasteiger partial charge in [0.05, 0.1) is 5.69 Å². The maximum atomic E-state index is 12.1. The number of carbonyl (C=O) groups is 2. The van der Waals surface area contributed by atoms with Gasteiger partial charge in [0.2, 0.25) is 0 Å². The van der Waals surface area contributed by atoms with Crippen LogP contribution in [0, 0.1) is 0 Å². The molecule has 0 aliphatic carbocycles. The highest BCUT2D eigenvalue weighted by molar-refractivity contribution is 9.10. The van der Waals surface area contributed by atoms with Gasteiger partial charge in [-0.05, 0) is 40.2 Å². The van der Waals surface area contributed by atoms with E-state index in [1.165, 1.54) is 6.20 Å². The first-order chi connectivity index (χ1) is 10.1. The fraction of sp³-hybridized carbons (Fsp3) is 0.0714. The number of ether oxygens (including phenoxy) is 1. The van der Waals surface area contributed by atoms with Crippen molar-refractivity contribution in [3.63, 3.8) is 0 Å². The maximum Gasteiger partial charge on any atom is 0.341 e. The van der Waals surface area contributed by atoms with Gasteiger partial charge in [0.15, 0.2) is 6.61 Å². The van der Waals surface area contributed by atoms with E-state index in [4.69, 9.17) is 9.84 Å². The van der Waals surface area contributed by atoms with Crippen molar-refractivity contribution in [3.05, 3.63) is 52.8 Å². The van der Waals surface area contributed by atoms with Crippen LogP contribution in [0.2, 0.25) is 0 Å². The van der Waals surface area contributed by atoms with Crippen molar-refractivity contribution in [3.8, 4) is 5.75 Å². The first kappa shape index (κ1) is 15.0. The van der Waals surface area contributed by atoms with Gasteiger partial charge in [0, 0.05) is 10.7 Å². The molecule has 0 radical (unpaired) electrons. The second kappa shape index (κ2) is 6.85. The molecule has 0 atom stereocenters. The number of nitrogens with one attached hydrogen (secondary N) is 1. The minimum atomic E-state index is -1.09. The highest BCUT2D eigenvalue weighted by Crippen LogP contribution is 2.24. The summed E-state index contributed by atoms with van der Waals surface area (Å²) in [5.74, 6) is -1.22. The molecule has 0 aliphatic heterocycles. The molecule has 1 aromatic heterocycles. The molecule has 108 valence electrons. The predicted octanol–water partition coefficient (Wildman–Crippen LogP) is 2.56. The van der Waals surface area contributed by atoms with Crippen LogP contribution in [0.3, 0.4) is 0 Å². The number of hydrogen-bond donors (Lipinski definition) is 2. The number of nitrogens with zero attached hydrogens (tertiary/aromatic N) is 1. The van der Waals surface area contributed by atoms with Crippen LogP contribution in [-0.2, 0) is 4.79 Å². The Hall–Kier alpha value is -2.41. The van der Waals surface area contributed by atoms with Gasteiger partial charge in [-0.3, -0.25) is 4.79 Å². The number of carboxylic acids is 1. The highest BCUT2D eigenvalue weighted by atomic mass is 79.9. The normalized spacial score (nSPS) is 9.95. The van der Waals surface area contributed by atoms with Crippen LogP contribution in [0.4, 0.5) is 5.69 Å². The van der Waals surface area contributed by atoms with Gasteiger partial charge in [-0.1, -0.05) is 12.1 Å². The van der Waals surface area contributed by atoms with Crippen molar-refractivity contribution in [1.82, 2.24) is 4.98 Å². The van der Waals surface area contributed by atoms with Crippen molar-refractivity contribution >= 4 is 33.5 Å². The van der Waals surface area contributed by atoms with Crippen LogP contribution in [-0.4, -0.2) is 28.6 Å². The predicted molar refractivity (Wildman–Crippen MR) is 79.5 cm³/mol. The number of anilines is 1. The first-order valence-corrected chi connectivity index (χ1v) is 6.72. The zero-order valence-electron chi connectivity index (χ0n) is 10.7. The van der Waals surface area contributed by atoms with Gasteiger partial charge >= 0.3 is 5.97 Å². The van der Waals surface area contributed by atoms with Crippen LogP contribution >= 0.6 is 15.9 Å². The summed E-state index contributed by atoms with van der Waals surface area (Å²) < 4.78 is 5.88. The molecule has 0 fully saturated rings. The first-order valence-electron chi connectivity index (χ1n) is 5.93. The molecule has 0 unspecified atom stereocenters. The fourth-order valence-corrected chi connectivity index (χ4v) is 1.77. The van der Waals surface area contributed by atoms with E-state index in [-0.39, 0.29) is 11.4 Å². The van der Waals surface area contributed by atoms with E-state index in [1.807, 2.05) is 0 Å². The standard InChI is InChI=1S/C14H11BrN2O4/c15-9-5-6-11(16-7-9)14(20)17-10-3-1-2-4-12(10)21-8-13(18)19/h1-7H,8H2,(H,17,20)(H,18,19). The molecule has 7 heteroatoms. The van der Waals surface area contributed by atoms with Crippen molar-refractivity contribution in [2.45, 2.75) is 0 Å². The van der Waals surface area contributed by atoms with E-state index in [0.29, 0.717) is 5.69 Å². The molecule has 2 rings (SSSR count). The number of pyridine rings is 1. The molecular formula is C14H11BrN2O4. The van der Waals surface area contributed by atoms with Gasteiger partial charge in [-0.25, -0.2) is 9.78 Å². The average molecular weight is 351 g/mol. The lowest BCUT2D eigenvalue weighted by Gasteiger charge is -2.10. The Labute approximate surface area is 128 Å². The maximum absolute atomic E-state index is 12.1. The Morgan fingerprint density at radius 2 is 2.00 bits per heavy atom. The van der Waals surface area contributed by atoms with Crippen LogP contribution in [0.5, 0.6) is 5.75 Å². The summed E-state index contributed by atoms with van der Waals surface area (Å²) in [7, 11) is 0. The van der Waals surface area contributed by atoms with Crippen LogP contribution < -0.4 is 10.1 Å². The van der Waals surface area contributed by atoms with Crippen molar-refractivity contribution in [2.75, 3.05) is 11.9 Å². The molecule has 6 nitrogen and oxygen atoms in total. The summed E-state index contributed by atoms with van der Waals surface area (Å²) in [6.07, 6.45) is 1.52. The third-order valence-corrected chi connectivity index (χ3v) is 2.92. The number of carbonyl (C=O) groups excluding carboxylic acids is 1. The van der Waals surface area contributed by atoms with Crippen LogP contribution in [0.15, 0.2) is 47.1 Å². The third kappa shape index (κ3) is 4.28. The number of aliphatic carboxylic acids is 1. The molecule has 21 heavy (non-hydrogen) atoms. The molecule has 1 heterocycles. The minimum Gasteiger partial charge on any atom is -0.480 e. The smallest absolute Gasteiger partial charge is 0.341 e. The number of carboxylic acid groups (broad SMARTS) is 1. The topological polar surface area (TPSA) is 88.5 Å². The summed E-state index contributed by atoms with van der Waals surface area (Å²) in [6.45, 7) is -0.483. The van der Waals surface area contributed by atoms with E-state index in [0.717, 1.165) is 4.47 Å². The summed E-state index contributed by atoms with van der Waals surface area (Å²) in [4.78, 5) is 26.6. The number of para-hydroxylation sites is 2. The zero-order valence-corrected chi connectivity index (χ0v) is 12.3. The van der Waals surface area contributed by atoms with Gasteiger partial charge in [-0.2, -0.15) is 0 Å². The number of benzene rings is 1. The van der Waals surface area contributed by atoms with Crippen molar-refractivity contribution in [2.24, 2.45) is 0 Å². The second-order valence-corrected chi connectivity index (χ2v) is 4.91. The number of rotatable bonds is 5. The van der Waals surface area contributed by atoms with E-state index in [9.17, 15) is 9.59 Å². The highest BCUT2D eigenvalue weighted by Gasteiger charge is 2.11. The summed E-state index contributed by atoms with van der Waals surface area (Å²) in [6, 6.07) is 9.86. The van der Waals surface area contributed by atoms with E-state index in [1.54, 1.807) is 36.4 Å². The lowest BCUT2D eigenvalue weighted by atomic mass is 10.2. The van der Waals surface area contributed by atoms with Crippen LogP contribution in [0.25, 0.3) is 0 Å². The number of amides is 1. The van der Waals surface area contributed by atoms with E-state index >= 15 is 0 Å². The largest absolute Gasteiger partial charge is 0.480 e. The summed E-state index contributed by atoms with van der Waals surface area (Å²) in [5.41, 5.74) is 0.625. The van der Waals surface area contributed by atoms with Crippen LogP contribution in [0.1, 0.15) is 10.5 Å². The molecule has 0 saturated heterocycles. The quantitative estimate of drug-likeness (QED) is 0.864. The van der Waals surface area contributed by atoms with E-state index in [2.05, 4.69) is 26.2 Å². The molecule has 2 aromatic rings. The van der Waals surface area contributed by atoms with Gasteiger partial charge in [0.25, 0.3) is 5.91 Å². The molecule has 1 aromatic carbocycles. The molecule has 0 aliphatic rings. The fourth-order valence-electron chi connectivity index (χ4n) is 1.53. The molecule has 0 spiro atoms. The minimum absolute atomic E-state index is 0.242. The van der Waals surface area contributed by atoms with Gasteiger partial charge in [-0.15, -0.1) is 0 Å². The molecule has 1 amide bonds. The SMILES string of the molecule is O=C(O)COc1ccccc1NC(=O)c1ccc(Br)cn1. The van der Waals surface area contributed by atoms with Crippen molar-refractivity contribution < 1.29 is 19.4 Å². The lowest BCUT2D eigenvalue weighted by Crippen LogP contribution is -2.15. The third-order valence-electron chi connectivity index (χ3n) is 2.45. The number of hydrogen-bond acceptors (Lipinski definition) is 4. The Morgan fingerprint density at radius 3 is 2.67 bits per heavy atom. The molecular weight excluding hydrogens is 340 g/mol. The Kier molecular flexibility index (Phi) is 4.89. The molecule has 2 N–H and O–H groups in total. The van der Waals surface area contributed by atoms with Gasteiger partial charge < -0.3 is 15.2 Å². The van der Waals surface area contributed by atoms with Gasteiger partial charge in [0.1, 0.15) is 11.4 Å². The monoisotopic (exact) mass is 350 g/mol. The Bertz CT molecular complexity index is 658.